The number of carbonyl (C=O) groups is 1. The number of hydrogen-bond acceptors (Lipinski definition) is 3. The van der Waals surface area contributed by atoms with Gasteiger partial charge < -0.3 is 11.1 Å². The first-order chi connectivity index (χ1) is 7.66. The number of aromatic nitrogens is 2. The number of aromatic amines is 1. The van der Waals surface area contributed by atoms with E-state index in [0.717, 1.165) is 4.47 Å². The Bertz CT molecular complexity index is 523. The number of hydrogen-bond donors (Lipinski definition) is 3. The van der Waals surface area contributed by atoms with Crippen LogP contribution < -0.4 is 11.1 Å². The molecule has 0 saturated heterocycles. The predicted molar refractivity (Wildman–Crippen MR) is 65.1 cm³/mol. The maximum Gasteiger partial charge on any atom is 0.273 e. The molecular formula is C10H9BrN4O. The Morgan fingerprint density at radius 2 is 2.19 bits per heavy atom. The van der Waals surface area contributed by atoms with E-state index in [1.807, 2.05) is 18.2 Å². The molecule has 1 aromatic heterocycles. The summed E-state index contributed by atoms with van der Waals surface area (Å²) in [7, 11) is 0. The second kappa shape index (κ2) is 4.36. The van der Waals surface area contributed by atoms with Crippen molar-refractivity contribution in [3.8, 4) is 0 Å². The smallest absolute Gasteiger partial charge is 0.273 e. The van der Waals surface area contributed by atoms with Crippen molar-refractivity contribution in [3.63, 3.8) is 0 Å². The van der Waals surface area contributed by atoms with Crippen LogP contribution in [-0.4, -0.2) is 16.1 Å². The number of carbonyl (C=O) groups excluding carboxylic acids is 1. The van der Waals surface area contributed by atoms with E-state index < -0.39 is 0 Å². The molecule has 4 N–H and O–H groups in total. The molecule has 1 aromatic carbocycles. The van der Waals surface area contributed by atoms with Crippen LogP contribution in [0.4, 0.5) is 11.5 Å². The molecule has 0 atom stereocenters. The Labute approximate surface area is 100 Å². The van der Waals surface area contributed by atoms with Crippen molar-refractivity contribution in [2.45, 2.75) is 0 Å². The quantitative estimate of drug-likeness (QED) is 0.787. The molecule has 2 rings (SSSR count). The van der Waals surface area contributed by atoms with Gasteiger partial charge in [-0.05, 0) is 28.1 Å². The van der Waals surface area contributed by atoms with E-state index in [1.54, 1.807) is 6.07 Å². The highest BCUT2D eigenvalue weighted by atomic mass is 79.9. The van der Waals surface area contributed by atoms with E-state index in [1.165, 1.54) is 6.07 Å². The van der Waals surface area contributed by atoms with E-state index in [4.69, 9.17) is 5.73 Å². The van der Waals surface area contributed by atoms with E-state index in [2.05, 4.69) is 31.4 Å². The minimum absolute atomic E-state index is 0.281. The van der Waals surface area contributed by atoms with Crippen LogP contribution in [0.2, 0.25) is 0 Å². The highest BCUT2D eigenvalue weighted by molar-refractivity contribution is 9.10. The number of halogens is 1. The number of benzene rings is 1. The Kier molecular flexibility index (Phi) is 2.91. The third-order valence-electron chi connectivity index (χ3n) is 1.96. The van der Waals surface area contributed by atoms with Crippen LogP contribution in [0.15, 0.2) is 34.8 Å². The van der Waals surface area contributed by atoms with Gasteiger partial charge in [0.15, 0.2) is 0 Å². The molecule has 6 heteroatoms. The van der Waals surface area contributed by atoms with Crippen molar-refractivity contribution >= 4 is 33.3 Å². The van der Waals surface area contributed by atoms with Crippen molar-refractivity contribution in [2.24, 2.45) is 0 Å². The first-order valence-electron chi connectivity index (χ1n) is 4.53. The molecule has 0 saturated carbocycles. The van der Waals surface area contributed by atoms with Gasteiger partial charge in [0, 0.05) is 10.5 Å². The lowest BCUT2D eigenvalue weighted by molar-refractivity contribution is 0.102. The van der Waals surface area contributed by atoms with Gasteiger partial charge in [0.1, 0.15) is 11.5 Å². The minimum Gasteiger partial charge on any atom is -0.382 e. The van der Waals surface area contributed by atoms with Gasteiger partial charge in [-0.2, -0.15) is 5.10 Å². The van der Waals surface area contributed by atoms with Crippen LogP contribution >= 0.6 is 15.9 Å². The first-order valence-corrected chi connectivity index (χ1v) is 5.33. The largest absolute Gasteiger partial charge is 0.382 e. The van der Waals surface area contributed by atoms with E-state index in [9.17, 15) is 4.79 Å². The molecule has 1 heterocycles. The molecule has 82 valence electrons. The van der Waals surface area contributed by atoms with Gasteiger partial charge in [0.25, 0.3) is 5.91 Å². The molecule has 0 unspecified atom stereocenters. The van der Waals surface area contributed by atoms with Gasteiger partial charge in [-0.1, -0.05) is 12.1 Å². The van der Waals surface area contributed by atoms with Crippen LogP contribution in [0.5, 0.6) is 0 Å². The number of para-hydroxylation sites is 1. The topological polar surface area (TPSA) is 83.8 Å². The maximum atomic E-state index is 11.7. The van der Waals surface area contributed by atoms with Crippen molar-refractivity contribution in [1.29, 1.82) is 0 Å². The lowest BCUT2D eigenvalue weighted by Crippen LogP contribution is -2.12. The van der Waals surface area contributed by atoms with Crippen molar-refractivity contribution in [2.75, 3.05) is 11.1 Å². The fraction of sp³-hybridized carbons (Fsp3) is 0. The van der Waals surface area contributed by atoms with Gasteiger partial charge in [-0.25, -0.2) is 0 Å². The number of nitrogens with two attached hydrogens (primary N) is 1. The Morgan fingerprint density at radius 3 is 2.81 bits per heavy atom. The second-order valence-corrected chi connectivity index (χ2v) is 3.99. The molecule has 16 heavy (non-hydrogen) atoms. The SMILES string of the molecule is Nc1cc(C(=O)Nc2ccccc2Br)[nH]n1. The van der Waals surface area contributed by atoms with Gasteiger partial charge in [0.2, 0.25) is 0 Å². The third-order valence-corrected chi connectivity index (χ3v) is 2.66. The second-order valence-electron chi connectivity index (χ2n) is 3.14. The highest BCUT2D eigenvalue weighted by Gasteiger charge is 2.10. The Balaban J connectivity index is 2.17. The van der Waals surface area contributed by atoms with Crippen LogP contribution in [-0.2, 0) is 0 Å². The van der Waals surface area contributed by atoms with Gasteiger partial charge in [-0.3, -0.25) is 9.89 Å². The highest BCUT2D eigenvalue weighted by Crippen LogP contribution is 2.21. The zero-order chi connectivity index (χ0) is 11.5. The minimum atomic E-state index is -0.281. The molecule has 0 aliphatic rings. The fourth-order valence-electron chi connectivity index (χ4n) is 1.21. The molecule has 1 amide bonds. The molecule has 0 aliphatic heterocycles. The summed E-state index contributed by atoms with van der Waals surface area (Å²) in [5.74, 6) is 0.00776. The summed E-state index contributed by atoms with van der Waals surface area (Å²) in [6.07, 6.45) is 0. The average Bonchev–Trinajstić information content (AvgIpc) is 2.68. The predicted octanol–water partition coefficient (Wildman–Crippen LogP) is 2.01. The van der Waals surface area contributed by atoms with E-state index in [0.29, 0.717) is 11.4 Å². The normalized spacial score (nSPS) is 10.1. The summed E-state index contributed by atoms with van der Waals surface area (Å²) >= 11 is 3.34. The molecule has 0 radical (unpaired) electrons. The summed E-state index contributed by atoms with van der Waals surface area (Å²) in [6.45, 7) is 0. The molecular weight excluding hydrogens is 272 g/mol. The van der Waals surface area contributed by atoms with Gasteiger partial charge >= 0.3 is 0 Å². The summed E-state index contributed by atoms with van der Waals surface area (Å²) < 4.78 is 0.816. The fourth-order valence-corrected chi connectivity index (χ4v) is 1.59. The maximum absolute atomic E-state index is 11.7. The standard InChI is InChI=1S/C10H9BrN4O/c11-6-3-1-2-4-7(6)13-10(16)8-5-9(12)15-14-8/h1-5H,(H,13,16)(H3,12,14,15). The monoisotopic (exact) mass is 280 g/mol. The lowest BCUT2D eigenvalue weighted by atomic mass is 10.3. The molecule has 0 bridgehead atoms. The average molecular weight is 281 g/mol. The third kappa shape index (κ3) is 2.22. The molecule has 0 spiro atoms. The van der Waals surface area contributed by atoms with Gasteiger partial charge in [-0.15, -0.1) is 0 Å². The number of amides is 1. The van der Waals surface area contributed by atoms with Gasteiger partial charge in [0.05, 0.1) is 5.69 Å². The van der Waals surface area contributed by atoms with E-state index in [-0.39, 0.29) is 11.7 Å². The van der Waals surface area contributed by atoms with Crippen LogP contribution in [0.3, 0.4) is 0 Å². The summed E-state index contributed by atoms with van der Waals surface area (Å²) in [4.78, 5) is 11.7. The van der Waals surface area contributed by atoms with Crippen molar-refractivity contribution in [1.82, 2.24) is 10.2 Å². The Hall–Kier alpha value is -1.82. The number of nitrogen functional groups attached to an aromatic ring is 1. The van der Waals surface area contributed by atoms with Crippen molar-refractivity contribution < 1.29 is 4.79 Å². The lowest BCUT2D eigenvalue weighted by Gasteiger charge is -2.04. The zero-order valence-corrected chi connectivity index (χ0v) is 9.78. The first kappa shape index (κ1) is 10.7. The number of nitrogens with zero attached hydrogens (tertiary/aromatic N) is 1. The van der Waals surface area contributed by atoms with E-state index >= 15 is 0 Å². The van der Waals surface area contributed by atoms with Crippen LogP contribution in [0, 0.1) is 0 Å². The summed E-state index contributed by atoms with van der Waals surface area (Å²) in [5.41, 5.74) is 6.43. The molecule has 0 aliphatic carbocycles. The number of H-pyrrole nitrogens is 1. The zero-order valence-electron chi connectivity index (χ0n) is 8.20. The summed E-state index contributed by atoms with van der Waals surface area (Å²) in [5, 5.41) is 8.95. The molecule has 0 fully saturated rings. The molecule has 2 aromatic rings. The number of anilines is 2. The van der Waals surface area contributed by atoms with Crippen LogP contribution in [0.25, 0.3) is 0 Å². The van der Waals surface area contributed by atoms with Crippen LogP contribution in [0.1, 0.15) is 10.5 Å². The van der Waals surface area contributed by atoms with Crippen molar-refractivity contribution in [3.05, 3.63) is 40.5 Å². The molecule has 5 nitrogen and oxygen atoms in total. The Morgan fingerprint density at radius 1 is 1.44 bits per heavy atom. The summed E-state index contributed by atoms with van der Waals surface area (Å²) in [6, 6.07) is 8.82. The number of nitrogens with one attached hydrogen (secondary N) is 2. The number of rotatable bonds is 2.